The van der Waals surface area contributed by atoms with Gasteiger partial charge in [0.15, 0.2) is 11.5 Å². The number of hydrogen-bond donors (Lipinski definition) is 1. The van der Waals surface area contributed by atoms with E-state index in [1.165, 1.54) is 6.42 Å². The second-order valence-electron chi connectivity index (χ2n) is 14.3. The second kappa shape index (κ2) is 15.9. The van der Waals surface area contributed by atoms with Gasteiger partial charge in [0.1, 0.15) is 22.7 Å². The molecule has 1 aliphatic heterocycles. The average molecular weight is 730 g/mol. The number of ether oxygens (including phenoxy) is 1. The summed E-state index contributed by atoms with van der Waals surface area (Å²) in [6.45, 7) is 4.56. The van der Waals surface area contributed by atoms with E-state index >= 15 is 0 Å². The van der Waals surface area contributed by atoms with E-state index in [4.69, 9.17) is 14.7 Å². The van der Waals surface area contributed by atoms with Crippen LogP contribution >= 0.6 is 0 Å². The molecule has 0 atom stereocenters. The number of alkyl halides is 3. The number of rotatable bonds is 12. The van der Waals surface area contributed by atoms with Gasteiger partial charge in [-0.3, -0.25) is 4.90 Å². The fourth-order valence-electron chi connectivity index (χ4n) is 7.58. The maximum Gasteiger partial charge on any atom is 1.00 e. The minimum Gasteiger partial charge on any atom is -0.550 e. The van der Waals surface area contributed by atoms with Crippen molar-refractivity contribution < 1.29 is 57.4 Å². The van der Waals surface area contributed by atoms with Crippen LogP contribution in [0.25, 0.3) is 33.9 Å². The van der Waals surface area contributed by atoms with Gasteiger partial charge in [-0.1, -0.05) is 19.3 Å². The van der Waals surface area contributed by atoms with Gasteiger partial charge in [0, 0.05) is 82.0 Å². The van der Waals surface area contributed by atoms with Gasteiger partial charge in [-0.15, -0.1) is 0 Å². The van der Waals surface area contributed by atoms with Crippen LogP contribution in [0, 0.1) is 5.41 Å². The summed E-state index contributed by atoms with van der Waals surface area (Å²) in [6.07, 6.45) is 5.89. The first-order chi connectivity index (χ1) is 24.5. The number of halogens is 3. The van der Waals surface area contributed by atoms with Crippen molar-refractivity contribution in [3.05, 3.63) is 42.0 Å². The fourth-order valence-corrected chi connectivity index (χ4v) is 7.58. The third-order valence-corrected chi connectivity index (χ3v) is 10.4. The number of nitrogens with one attached hydrogen (secondary N) is 1. The van der Waals surface area contributed by atoms with Crippen LogP contribution in [0.4, 0.5) is 24.7 Å². The summed E-state index contributed by atoms with van der Waals surface area (Å²) in [5.74, 6) is 0.124. The Balaban J connectivity index is 0.00000464. The van der Waals surface area contributed by atoms with Crippen LogP contribution in [-0.4, -0.2) is 101 Å². The molecule has 16 heteroatoms. The Labute approximate surface area is 322 Å². The minimum atomic E-state index is -4.59. The number of anilines is 2. The van der Waals surface area contributed by atoms with Crippen molar-refractivity contribution >= 4 is 28.6 Å². The van der Waals surface area contributed by atoms with Crippen LogP contribution in [0.15, 0.2) is 30.6 Å². The number of aliphatic carboxylic acids is 1. The molecule has 0 spiro atoms. The average Bonchev–Trinajstić information content (AvgIpc) is 3.89. The Morgan fingerprint density at radius 2 is 1.77 bits per heavy atom. The molecule has 7 rings (SSSR count). The number of fused-ring (bicyclic) bond motifs is 1. The molecule has 0 aromatic carbocycles. The molecule has 1 N–H and O–H groups in total. The zero-order valence-corrected chi connectivity index (χ0v) is 32.0. The summed E-state index contributed by atoms with van der Waals surface area (Å²) in [5, 5.41) is 10.8. The van der Waals surface area contributed by atoms with Crippen LogP contribution in [0.5, 0.6) is 0 Å². The number of aromatic amines is 1. The van der Waals surface area contributed by atoms with Crippen molar-refractivity contribution in [3.63, 3.8) is 0 Å². The first kappa shape index (κ1) is 38.4. The summed E-state index contributed by atoms with van der Waals surface area (Å²) in [4.78, 5) is 43.5. The Bertz CT molecular complexity index is 1850. The van der Waals surface area contributed by atoms with Gasteiger partial charge in [-0.25, -0.2) is 24.9 Å². The molecule has 5 heterocycles. The van der Waals surface area contributed by atoms with Crippen LogP contribution in [0.2, 0.25) is 0 Å². The first-order valence-electron chi connectivity index (χ1n) is 17.7. The number of nitrogens with zero attached hydrogens (tertiary/aromatic N) is 8. The maximum atomic E-state index is 14.0. The molecule has 0 radical (unpaired) electrons. The number of hydrogen-bond acceptors (Lipinski definition) is 11. The summed E-state index contributed by atoms with van der Waals surface area (Å²) in [5.41, 5.74) is 2.51. The number of pyridine rings is 2. The molecule has 272 valence electrons. The van der Waals surface area contributed by atoms with E-state index in [-0.39, 0.29) is 47.3 Å². The molecule has 4 aromatic rings. The molecule has 12 nitrogen and oxygen atoms in total. The number of carbonyl (C=O) groups is 1. The van der Waals surface area contributed by atoms with Gasteiger partial charge in [-0.2, -0.15) is 13.2 Å². The molecule has 2 saturated carbocycles. The van der Waals surface area contributed by atoms with Crippen LogP contribution in [-0.2, 0) is 15.7 Å². The topological polar surface area (TPSA) is 139 Å². The molecular formula is C36H43F3N9NaO3. The van der Waals surface area contributed by atoms with Gasteiger partial charge >= 0.3 is 35.7 Å². The van der Waals surface area contributed by atoms with Gasteiger partial charge in [0.05, 0.1) is 30.4 Å². The number of carbonyl (C=O) groups excluding carboxylic acids is 1. The monoisotopic (exact) mass is 729 g/mol. The number of carboxylic acids is 1. The summed E-state index contributed by atoms with van der Waals surface area (Å²) in [6, 6.07) is 4.67. The number of imidazole rings is 1. The molecular weight excluding hydrogens is 686 g/mol. The van der Waals surface area contributed by atoms with Crippen molar-refractivity contribution in [2.24, 2.45) is 5.41 Å². The Morgan fingerprint density at radius 3 is 2.40 bits per heavy atom. The number of H-pyrrole nitrogens is 1. The Hall–Kier alpha value is -3.37. The second-order valence-corrected chi connectivity index (χ2v) is 14.3. The molecule has 3 fully saturated rings. The molecule has 3 aliphatic rings. The van der Waals surface area contributed by atoms with Gasteiger partial charge in [0.2, 0.25) is 0 Å². The van der Waals surface area contributed by atoms with Gasteiger partial charge in [0.25, 0.3) is 0 Å². The zero-order chi connectivity index (χ0) is 35.8. The van der Waals surface area contributed by atoms with E-state index in [1.54, 1.807) is 25.6 Å². The summed E-state index contributed by atoms with van der Waals surface area (Å²) < 4.78 is 47.8. The number of piperazine rings is 1. The van der Waals surface area contributed by atoms with Crippen molar-refractivity contribution in [2.75, 3.05) is 69.8 Å². The SMILES string of the molecule is COCC1(CN(C)c2cc(-c3cc(C4CC4)nc(C(F)(F)F)c3)nc3nc(-c4cnc(N5CCN(CCC(=O)[O-])CC5)cn4)[nH]c23)CCCCC1.[Na+]. The number of methoxy groups -OCH3 is 1. The Morgan fingerprint density at radius 1 is 1.02 bits per heavy atom. The third-order valence-electron chi connectivity index (χ3n) is 10.4. The number of carboxylic acid groups (broad SMARTS) is 1. The zero-order valence-electron chi connectivity index (χ0n) is 30.0. The maximum absolute atomic E-state index is 14.0. The normalized spacial score (nSPS) is 18.0. The van der Waals surface area contributed by atoms with Gasteiger partial charge in [-0.05, 0) is 50.3 Å². The van der Waals surface area contributed by atoms with Crippen LogP contribution in [0.1, 0.15) is 68.7 Å². The standard InChI is InChI=1S/C36H44F3N9O3.Na/c1-46(21-35(22-51-2)9-4-3-5-10-35)28-18-26(24-16-25(23-6-7-23)42-29(17-24)36(37,38)39)43-34-32(28)44-33(45-34)27-19-41-30(20-40-27)48-14-12-47(13-15-48)11-8-31(49)50;/h16-20,23H,3-15,21-22H2,1-2H3,(H,49,50)(H,43,44,45);/q;+1/p-1. The molecule has 1 saturated heterocycles. The molecule has 2 aliphatic carbocycles. The predicted molar refractivity (Wildman–Crippen MR) is 184 cm³/mol. The smallest absolute Gasteiger partial charge is 0.550 e. The predicted octanol–water partition coefficient (Wildman–Crippen LogP) is 1.67. The van der Waals surface area contributed by atoms with E-state index in [2.05, 4.69) is 34.6 Å². The summed E-state index contributed by atoms with van der Waals surface area (Å²) in [7, 11) is 3.73. The van der Waals surface area contributed by atoms with E-state index < -0.39 is 17.8 Å². The van der Waals surface area contributed by atoms with Crippen molar-refractivity contribution in [3.8, 4) is 22.8 Å². The molecule has 0 amide bonds. The first-order valence-corrected chi connectivity index (χ1v) is 17.7. The van der Waals surface area contributed by atoms with Gasteiger partial charge < -0.3 is 29.4 Å². The van der Waals surface area contributed by atoms with Crippen LogP contribution in [0.3, 0.4) is 0 Å². The minimum absolute atomic E-state index is 0. The molecule has 0 bridgehead atoms. The van der Waals surface area contributed by atoms with E-state index in [9.17, 15) is 23.1 Å². The number of aromatic nitrogens is 6. The van der Waals surface area contributed by atoms with Crippen molar-refractivity contribution in [1.29, 1.82) is 0 Å². The quantitative estimate of drug-likeness (QED) is 0.213. The fraction of sp³-hybridized carbons (Fsp3) is 0.556. The molecule has 52 heavy (non-hydrogen) atoms. The largest absolute Gasteiger partial charge is 1.00 e. The Kier molecular flexibility index (Phi) is 11.8. The van der Waals surface area contributed by atoms with E-state index in [0.717, 1.165) is 50.3 Å². The van der Waals surface area contributed by atoms with E-state index in [1.807, 2.05) is 13.1 Å². The molecule has 4 aromatic heterocycles. The third kappa shape index (κ3) is 8.70. The summed E-state index contributed by atoms with van der Waals surface area (Å²) >= 11 is 0. The van der Waals surface area contributed by atoms with Crippen molar-refractivity contribution in [1.82, 2.24) is 34.8 Å². The van der Waals surface area contributed by atoms with Crippen LogP contribution < -0.4 is 44.5 Å². The molecule has 0 unspecified atom stereocenters. The van der Waals surface area contributed by atoms with E-state index in [0.29, 0.717) is 91.3 Å². The van der Waals surface area contributed by atoms with Crippen molar-refractivity contribution in [2.45, 2.75) is 63.5 Å².